The topological polar surface area (TPSA) is 54.2 Å². The number of benzene rings is 1. The number of aromatic nitrogens is 2. The average Bonchev–Trinajstić information content (AvgIpc) is 3.19. The van der Waals surface area contributed by atoms with Gasteiger partial charge in [0.15, 0.2) is 5.96 Å². The van der Waals surface area contributed by atoms with Gasteiger partial charge in [0.05, 0.1) is 13.1 Å². The molecule has 128 valence electrons. The molecule has 1 aliphatic carbocycles. The Morgan fingerprint density at radius 2 is 2.12 bits per heavy atom. The Kier molecular flexibility index (Phi) is 5.13. The summed E-state index contributed by atoms with van der Waals surface area (Å²) in [6.45, 7) is 4.94. The first kappa shape index (κ1) is 16.5. The van der Waals surface area contributed by atoms with Crippen LogP contribution >= 0.6 is 0 Å². The van der Waals surface area contributed by atoms with Gasteiger partial charge in [-0.2, -0.15) is 5.10 Å². The first-order chi connectivity index (χ1) is 11.7. The number of hydrogen-bond acceptors (Lipinski definition) is 2. The number of hydrogen-bond donors (Lipinski definition) is 2. The highest BCUT2D eigenvalue weighted by molar-refractivity contribution is 5.79. The minimum atomic E-state index is -0.129. The van der Waals surface area contributed by atoms with Crippen molar-refractivity contribution in [2.75, 3.05) is 19.6 Å². The third kappa shape index (κ3) is 3.93. The molecule has 0 atom stereocenters. The number of nitrogens with zero attached hydrogens (tertiary/aromatic N) is 3. The predicted molar refractivity (Wildman–Crippen MR) is 93.5 cm³/mol. The lowest BCUT2D eigenvalue weighted by molar-refractivity contribution is 0.570. The third-order valence-electron chi connectivity index (χ3n) is 4.38. The molecular formula is C18H24FN5. The van der Waals surface area contributed by atoms with E-state index in [2.05, 4.69) is 20.7 Å². The monoisotopic (exact) mass is 329 g/mol. The summed E-state index contributed by atoms with van der Waals surface area (Å²) in [5.74, 6) is 0.647. The zero-order chi connectivity index (χ0) is 16.8. The van der Waals surface area contributed by atoms with Crippen LogP contribution in [0.25, 0.3) is 0 Å². The molecule has 5 nitrogen and oxygen atoms in total. The molecule has 0 unspecified atom stereocenters. The minimum absolute atomic E-state index is 0.123. The number of nitrogens with one attached hydrogen (secondary N) is 2. The maximum atomic E-state index is 14.1. The van der Waals surface area contributed by atoms with Crippen molar-refractivity contribution in [2.45, 2.75) is 31.7 Å². The Labute approximate surface area is 142 Å². The van der Waals surface area contributed by atoms with E-state index in [4.69, 9.17) is 0 Å². The Bertz CT molecular complexity index is 676. The summed E-state index contributed by atoms with van der Waals surface area (Å²) in [4.78, 5) is 4.68. The quantitative estimate of drug-likeness (QED) is 0.605. The smallest absolute Gasteiger partial charge is 0.191 e. The van der Waals surface area contributed by atoms with Crippen molar-refractivity contribution in [1.29, 1.82) is 0 Å². The molecule has 0 spiro atoms. The predicted octanol–water partition coefficient (Wildman–Crippen LogP) is 2.31. The van der Waals surface area contributed by atoms with Crippen LogP contribution in [0.3, 0.4) is 0 Å². The van der Waals surface area contributed by atoms with Gasteiger partial charge in [-0.1, -0.05) is 18.2 Å². The molecule has 0 bridgehead atoms. The summed E-state index contributed by atoms with van der Waals surface area (Å²) in [5, 5.41) is 10.7. The van der Waals surface area contributed by atoms with Crippen molar-refractivity contribution in [3.8, 4) is 0 Å². The van der Waals surface area contributed by atoms with Crippen molar-refractivity contribution in [3.63, 3.8) is 0 Å². The Balaban J connectivity index is 1.60. The molecule has 1 aromatic heterocycles. The second kappa shape index (κ2) is 7.47. The fourth-order valence-electron chi connectivity index (χ4n) is 2.85. The normalized spacial score (nSPS) is 16.0. The lowest BCUT2D eigenvalue weighted by Crippen LogP contribution is -2.39. The first-order valence-electron chi connectivity index (χ1n) is 8.48. The summed E-state index contributed by atoms with van der Waals surface area (Å²) in [6.07, 6.45) is 5.68. The van der Waals surface area contributed by atoms with Gasteiger partial charge >= 0.3 is 0 Å². The molecule has 1 aromatic carbocycles. The van der Waals surface area contributed by atoms with Crippen molar-refractivity contribution in [2.24, 2.45) is 4.99 Å². The lowest BCUT2D eigenvalue weighted by Gasteiger charge is -2.16. The molecule has 1 heterocycles. The Morgan fingerprint density at radius 1 is 1.29 bits per heavy atom. The van der Waals surface area contributed by atoms with E-state index in [0.29, 0.717) is 6.54 Å². The average molecular weight is 329 g/mol. The molecule has 0 saturated heterocycles. The van der Waals surface area contributed by atoms with Crippen molar-refractivity contribution in [1.82, 2.24) is 20.4 Å². The molecule has 6 heteroatoms. The molecule has 2 N–H and O–H groups in total. The fraction of sp³-hybridized carbons (Fsp3) is 0.444. The molecule has 0 aliphatic heterocycles. The molecule has 0 amide bonds. The maximum Gasteiger partial charge on any atom is 0.191 e. The molecule has 1 aliphatic rings. The Morgan fingerprint density at radius 3 is 2.79 bits per heavy atom. The van der Waals surface area contributed by atoms with Gasteiger partial charge in [0, 0.05) is 30.9 Å². The van der Waals surface area contributed by atoms with Crippen LogP contribution in [0.5, 0.6) is 0 Å². The zero-order valence-electron chi connectivity index (χ0n) is 14.0. The van der Waals surface area contributed by atoms with Gasteiger partial charge in [0.1, 0.15) is 5.82 Å². The van der Waals surface area contributed by atoms with Crippen LogP contribution < -0.4 is 10.6 Å². The van der Waals surface area contributed by atoms with Gasteiger partial charge in [-0.15, -0.1) is 0 Å². The second-order valence-corrected chi connectivity index (χ2v) is 6.15. The van der Waals surface area contributed by atoms with Crippen LogP contribution in [-0.4, -0.2) is 35.4 Å². The highest BCUT2D eigenvalue weighted by atomic mass is 19.1. The largest absolute Gasteiger partial charge is 0.357 e. The van der Waals surface area contributed by atoms with Crippen LogP contribution in [0.15, 0.2) is 47.7 Å². The third-order valence-corrected chi connectivity index (χ3v) is 4.38. The molecular weight excluding hydrogens is 305 g/mol. The minimum Gasteiger partial charge on any atom is -0.357 e. The van der Waals surface area contributed by atoms with Crippen LogP contribution in [0.4, 0.5) is 4.39 Å². The van der Waals surface area contributed by atoms with E-state index in [9.17, 15) is 4.39 Å². The summed E-state index contributed by atoms with van der Waals surface area (Å²) >= 11 is 0. The number of guanidine groups is 1. The van der Waals surface area contributed by atoms with Crippen LogP contribution in [0.1, 0.15) is 25.3 Å². The fourth-order valence-corrected chi connectivity index (χ4v) is 2.85. The van der Waals surface area contributed by atoms with Crippen molar-refractivity contribution < 1.29 is 4.39 Å². The number of aliphatic imine (C=N–C) groups is 1. The van der Waals surface area contributed by atoms with E-state index in [1.54, 1.807) is 12.3 Å². The Hall–Kier alpha value is -2.37. The van der Waals surface area contributed by atoms with E-state index in [-0.39, 0.29) is 11.2 Å². The highest BCUT2D eigenvalue weighted by Gasteiger charge is 2.45. The summed E-state index contributed by atoms with van der Waals surface area (Å²) < 4.78 is 15.9. The molecule has 3 rings (SSSR count). The molecule has 1 saturated carbocycles. The van der Waals surface area contributed by atoms with Crippen LogP contribution in [-0.2, 0) is 12.0 Å². The summed E-state index contributed by atoms with van der Waals surface area (Å²) in [5.41, 5.74) is 0.663. The molecule has 24 heavy (non-hydrogen) atoms. The second-order valence-electron chi connectivity index (χ2n) is 6.15. The number of halogens is 1. The first-order valence-corrected chi connectivity index (χ1v) is 8.48. The van der Waals surface area contributed by atoms with Crippen molar-refractivity contribution >= 4 is 5.96 Å². The van der Waals surface area contributed by atoms with E-state index in [0.717, 1.165) is 44.0 Å². The van der Waals surface area contributed by atoms with E-state index < -0.39 is 0 Å². The standard InChI is InChI=1S/C18H24FN5/c1-2-20-17(21-11-13-24-12-5-10-23-24)22-14-18(8-9-18)15-6-3-4-7-16(15)19/h3-7,10,12H,2,8-9,11,13-14H2,1H3,(H2,20,21,22). The van der Waals surface area contributed by atoms with Gasteiger partial charge < -0.3 is 10.6 Å². The van der Waals surface area contributed by atoms with Crippen LogP contribution in [0.2, 0.25) is 0 Å². The molecule has 1 fully saturated rings. The van der Waals surface area contributed by atoms with Gasteiger partial charge in [0.2, 0.25) is 0 Å². The highest BCUT2D eigenvalue weighted by Crippen LogP contribution is 2.49. The molecule has 0 radical (unpaired) electrons. The lowest BCUT2D eigenvalue weighted by atomic mass is 9.95. The van der Waals surface area contributed by atoms with E-state index >= 15 is 0 Å². The van der Waals surface area contributed by atoms with Crippen molar-refractivity contribution in [3.05, 3.63) is 54.1 Å². The van der Waals surface area contributed by atoms with Gasteiger partial charge in [0.25, 0.3) is 0 Å². The van der Waals surface area contributed by atoms with Gasteiger partial charge in [-0.05, 0) is 37.5 Å². The van der Waals surface area contributed by atoms with Gasteiger partial charge in [-0.3, -0.25) is 9.67 Å². The van der Waals surface area contributed by atoms with E-state index in [1.165, 1.54) is 6.07 Å². The summed E-state index contributed by atoms with van der Waals surface area (Å²) in [6, 6.07) is 8.96. The van der Waals surface area contributed by atoms with E-state index in [1.807, 2.05) is 36.0 Å². The maximum absolute atomic E-state index is 14.1. The van der Waals surface area contributed by atoms with Gasteiger partial charge in [-0.25, -0.2) is 4.39 Å². The zero-order valence-corrected chi connectivity index (χ0v) is 14.0. The molecule has 2 aromatic rings. The van der Waals surface area contributed by atoms with Crippen LogP contribution in [0, 0.1) is 5.82 Å². The number of rotatable bonds is 7. The SMILES string of the molecule is CCNC(=NCC1(c2ccccc2F)CC1)NCCn1cccn1. The summed E-state index contributed by atoms with van der Waals surface area (Å²) in [7, 11) is 0.